The number of hydrogen-bond donors (Lipinski definition) is 2. The van der Waals surface area contributed by atoms with Gasteiger partial charge in [0.15, 0.2) is 6.61 Å². The summed E-state index contributed by atoms with van der Waals surface area (Å²) in [7, 11) is 0. The number of rotatable bonds is 6. The van der Waals surface area contributed by atoms with Crippen molar-refractivity contribution >= 4 is 17.6 Å². The van der Waals surface area contributed by atoms with Crippen molar-refractivity contribution in [3.05, 3.63) is 95.8 Å². The maximum atomic E-state index is 13.6. The third-order valence-corrected chi connectivity index (χ3v) is 5.70. The first-order valence-corrected chi connectivity index (χ1v) is 10.7. The van der Waals surface area contributed by atoms with Gasteiger partial charge < -0.3 is 15.8 Å². The summed E-state index contributed by atoms with van der Waals surface area (Å²) in [5.41, 5.74) is 9.20. The first-order valence-electron chi connectivity index (χ1n) is 10.7. The number of anilines is 1. The largest absolute Gasteiger partial charge is 0.484 e. The summed E-state index contributed by atoms with van der Waals surface area (Å²) in [5, 5.41) is 7.81. The zero-order valence-corrected chi connectivity index (χ0v) is 18.1. The second-order valence-corrected chi connectivity index (χ2v) is 7.99. The number of ether oxygens (including phenoxy) is 1. The standard InChI is InChI=1S/C26H21FN4O3/c27-18-8-10-19(11-9-18)31-26-24(25(30-31)17-4-2-1-3-5-17)21(14-23(33)29-26)16-6-12-20(13-7-16)34-15-22(28)32/h1-13,21H,14-15H2,(H2,28,32)(H,29,33)/t21-/m1/s1. The second kappa shape index (κ2) is 8.82. The van der Waals surface area contributed by atoms with E-state index in [9.17, 15) is 14.0 Å². The minimum Gasteiger partial charge on any atom is -0.484 e. The summed E-state index contributed by atoms with van der Waals surface area (Å²) in [6, 6.07) is 22.9. The maximum Gasteiger partial charge on any atom is 0.255 e. The summed E-state index contributed by atoms with van der Waals surface area (Å²) >= 11 is 0. The molecule has 0 fully saturated rings. The van der Waals surface area contributed by atoms with Crippen molar-refractivity contribution in [2.45, 2.75) is 12.3 Å². The van der Waals surface area contributed by atoms with Crippen LogP contribution in [-0.2, 0) is 9.59 Å². The van der Waals surface area contributed by atoms with Crippen LogP contribution in [0.1, 0.15) is 23.5 Å². The average molecular weight is 456 g/mol. The van der Waals surface area contributed by atoms with Gasteiger partial charge in [0.1, 0.15) is 17.4 Å². The minimum absolute atomic E-state index is 0.144. The monoisotopic (exact) mass is 456 g/mol. The number of fused-ring (bicyclic) bond motifs is 1. The summed E-state index contributed by atoms with van der Waals surface area (Å²) in [6.45, 7) is -0.210. The van der Waals surface area contributed by atoms with Gasteiger partial charge >= 0.3 is 0 Å². The number of halogens is 1. The predicted molar refractivity (Wildman–Crippen MR) is 125 cm³/mol. The Morgan fingerprint density at radius 1 is 1.06 bits per heavy atom. The fourth-order valence-electron chi connectivity index (χ4n) is 4.16. The fourth-order valence-corrected chi connectivity index (χ4v) is 4.16. The molecule has 3 N–H and O–H groups in total. The van der Waals surface area contributed by atoms with Gasteiger partial charge in [0, 0.05) is 23.5 Å². The Labute approximate surface area is 195 Å². The lowest BCUT2D eigenvalue weighted by molar-refractivity contribution is -0.120. The number of nitrogens with zero attached hydrogens (tertiary/aromatic N) is 2. The molecular weight excluding hydrogens is 435 g/mol. The van der Waals surface area contributed by atoms with Crippen molar-refractivity contribution in [1.82, 2.24) is 9.78 Å². The molecule has 5 rings (SSSR count). The van der Waals surface area contributed by atoms with Crippen LogP contribution in [0.25, 0.3) is 16.9 Å². The Morgan fingerprint density at radius 2 is 1.76 bits per heavy atom. The summed E-state index contributed by atoms with van der Waals surface area (Å²) in [5.74, 6) is -0.256. The van der Waals surface area contributed by atoms with Crippen LogP contribution in [0, 0.1) is 5.82 Å². The van der Waals surface area contributed by atoms with E-state index in [1.54, 1.807) is 28.9 Å². The van der Waals surface area contributed by atoms with Crippen LogP contribution in [0.3, 0.4) is 0 Å². The number of nitrogens with one attached hydrogen (secondary N) is 1. The Bertz CT molecular complexity index is 1350. The Morgan fingerprint density at radius 3 is 2.44 bits per heavy atom. The molecule has 170 valence electrons. The Hall–Kier alpha value is -4.46. The van der Waals surface area contributed by atoms with Crippen LogP contribution in [0.2, 0.25) is 0 Å². The van der Waals surface area contributed by atoms with Crippen molar-refractivity contribution < 1.29 is 18.7 Å². The number of benzene rings is 3. The molecule has 1 aliphatic heterocycles. The van der Waals surface area contributed by atoms with E-state index in [1.165, 1.54) is 12.1 Å². The molecule has 4 aromatic rings. The molecule has 2 amide bonds. The number of nitrogens with two attached hydrogens (primary N) is 1. The molecule has 2 heterocycles. The maximum absolute atomic E-state index is 13.6. The van der Waals surface area contributed by atoms with Gasteiger partial charge in [-0.15, -0.1) is 0 Å². The number of primary amides is 1. The van der Waals surface area contributed by atoms with Crippen LogP contribution < -0.4 is 15.8 Å². The third-order valence-electron chi connectivity index (χ3n) is 5.70. The van der Waals surface area contributed by atoms with Gasteiger partial charge in [-0.05, 0) is 42.0 Å². The third kappa shape index (κ3) is 4.13. The van der Waals surface area contributed by atoms with Crippen molar-refractivity contribution in [2.24, 2.45) is 5.73 Å². The first kappa shape index (κ1) is 21.4. The molecule has 8 heteroatoms. The highest BCUT2D eigenvalue weighted by atomic mass is 19.1. The van der Waals surface area contributed by atoms with Crippen LogP contribution >= 0.6 is 0 Å². The van der Waals surface area contributed by atoms with E-state index in [2.05, 4.69) is 5.32 Å². The topological polar surface area (TPSA) is 99.2 Å². The lowest BCUT2D eigenvalue weighted by Gasteiger charge is -2.25. The molecule has 1 atom stereocenters. The van der Waals surface area contributed by atoms with Crippen LogP contribution in [0.5, 0.6) is 5.75 Å². The summed E-state index contributed by atoms with van der Waals surface area (Å²) < 4.78 is 20.6. The molecule has 3 aromatic carbocycles. The van der Waals surface area contributed by atoms with Gasteiger partial charge in [-0.25, -0.2) is 9.07 Å². The number of hydrogen-bond acceptors (Lipinski definition) is 4. The van der Waals surface area contributed by atoms with Crippen LogP contribution in [-0.4, -0.2) is 28.2 Å². The normalized spacial score (nSPS) is 14.9. The first-order chi connectivity index (χ1) is 16.5. The molecule has 0 spiro atoms. The quantitative estimate of drug-likeness (QED) is 0.458. The average Bonchev–Trinajstić information content (AvgIpc) is 3.23. The number of carbonyl (C=O) groups excluding carboxylic acids is 2. The highest BCUT2D eigenvalue weighted by molar-refractivity contribution is 5.96. The van der Waals surface area contributed by atoms with Crippen LogP contribution in [0.4, 0.5) is 10.2 Å². The van der Waals surface area contributed by atoms with E-state index in [1.807, 2.05) is 42.5 Å². The van der Waals surface area contributed by atoms with E-state index in [-0.39, 0.29) is 30.7 Å². The summed E-state index contributed by atoms with van der Waals surface area (Å²) in [6.07, 6.45) is 0.240. The smallest absolute Gasteiger partial charge is 0.255 e. The lowest BCUT2D eigenvalue weighted by Crippen LogP contribution is -2.25. The predicted octanol–water partition coefficient (Wildman–Crippen LogP) is 4.02. The highest BCUT2D eigenvalue weighted by Crippen LogP contribution is 2.44. The van der Waals surface area contributed by atoms with E-state index < -0.39 is 5.91 Å². The van der Waals surface area contributed by atoms with Crippen molar-refractivity contribution in [3.63, 3.8) is 0 Å². The zero-order chi connectivity index (χ0) is 23.7. The molecule has 1 aromatic heterocycles. The molecule has 7 nitrogen and oxygen atoms in total. The fraction of sp³-hybridized carbons (Fsp3) is 0.115. The lowest BCUT2D eigenvalue weighted by atomic mass is 9.84. The second-order valence-electron chi connectivity index (χ2n) is 7.99. The zero-order valence-electron chi connectivity index (χ0n) is 18.1. The van der Waals surface area contributed by atoms with E-state index in [4.69, 9.17) is 15.6 Å². The minimum atomic E-state index is -0.557. The van der Waals surface area contributed by atoms with Crippen LogP contribution in [0.15, 0.2) is 78.9 Å². The molecule has 1 aliphatic rings. The van der Waals surface area contributed by atoms with E-state index in [0.717, 1.165) is 22.4 Å². The van der Waals surface area contributed by atoms with E-state index >= 15 is 0 Å². The molecular formula is C26H21FN4O3. The van der Waals surface area contributed by atoms with E-state index in [0.29, 0.717) is 17.3 Å². The number of amides is 2. The van der Waals surface area contributed by atoms with Gasteiger partial charge in [-0.1, -0.05) is 42.5 Å². The van der Waals surface area contributed by atoms with Gasteiger partial charge in [-0.2, -0.15) is 5.10 Å². The Balaban J connectivity index is 1.63. The van der Waals surface area contributed by atoms with Crippen molar-refractivity contribution in [1.29, 1.82) is 0 Å². The SMILES string of the molecule is NC(=O)COc1ccc([C@H]2CC(=O)Nc3c2c(-c2ccccc2)nn3-c2ccc(F)cc2)cc1. The van der Waals surface area contributed by atoms with Gasteiger partial charge in [0.05, 0.1) is 11.4 Å². The van der Waals surface area contributed by atoms with Gasteiger partial charge in [-0.3, -0.25) is 9.59 Å². The highest BCUT2D eigenvalue weighted by Gasteiger charge is 2.34. The number of aromatic nitrogens is 2. The van der Waals surface area contributed by atoms with Gasteiger partial charge in [0.2, 0.25) is 5.91 Å². The van der Waals surface area contributed by atoms with Gasteiger partial charge in [0.25, 0.3) is 5.91 Å². The Kier molecular flexibility index (Phi) is 5.55. The molecule has 34 heavy (non-hydrogen) atoms. The molecule has 0 bridgehead atoms. The number of carbonyl (C=O) groups is 2. The van der Waals surface area contributed by atoms with Crippen molar-refractivity contribution in [2.75, 3.05) is 11.9 Å². The van der Waals surface area contributed by atoms with Crippen molar-refractivity contribution in [3.8, 4) is 22.7 Å². The molecule has 0 saturated carbocycles. The molecule has 0 saturated heterocycles. The molecule has 0 aliphatic carbocycles. The summed E-state index contributed by atoms with van der Waals surface area (Å²) in [4.78, 5) is 23.7. The molecule has 0 unspecified atom stereocenters. The molecule has 0 radical (unpaired) electrons.